The second kappa shape index (κ2) is 19.6. The predicted molar refractivity (Wildman–Crippen MR) is 227 cm³/mol. The van der Waals surface area contributed by atoms with E-state index in [0.29, 0.717) is 62.1 Å². The molecule has 3 heterocycles. The van der Waals surface area contributed by atoms with Crippen LogP contribution in [0.3, 0.4) is 0 Å². The quantitative estimate of drug-likeness (QED) is 0.0289. The summed E-state index contributed by atoms with van der Waals surface area (Å²) in [4.78, 5) is 38.6. The topological polar surface area (TPSA) is 250 Å². The van der Waals surface area contributed by atoms with E-state index in [0.717, 1.165) is 70.1 Å². The monoisotopic (exact) mass is 776 g/mol. The zero-order chi connectivity index (χ0) is 39.1. The summed E-state index contributed by atoms with van der Waals surface area (Å²) < 4.78 is 5.46. The van der Waals surface area contributed by atoms with Gasteiger partial charge in [-0.3, -0.25) is 9.98 Å². The second-order valence-electron chi connectivity index (χ2n) is 12.6. The number of hydrogen-bond acceptors (Lipinski definition) is 17. The zero-order valence-corrected chi connectivity index (χ0v) is 31.8. The van der Waals surface area contributed by atoms with E-state index in [9.17, 15) is 0 Å². The largest absolute Gasteiger partial charge is 0.497 e. The number of fused-ring (bicyclic) bond motifs is 2. The number of hydrogen-bond donors (Lipinski definition) is 7. The minimum atomic E-state index is 0.0752. The number of methoxy groups -OCH3 is 1. The average Bonchev–Trinajstić information content (AvgIpc) is 3.18. The number of nitrogens with one attached hydrogen (secondary N) is 4. The summed E-state index contributed by atoms with van der Waals surface area (Å²) in [7, 11) is 1.66. The van der Waals surface area contributed by atoms with Gasteiger partial charge in [-0.05, 0) is 73.2 Å². The van der Waals surface area contributed by atoms with Crippen LogP contribution in [0.2, 0.25) is 5.02 Å². The number of halogens is 1. The van der Waals surface area contributed by atoms with Crippen LogP contribution >= 0.6 is 11.6 Å². The third kappa shape index (κ3) is 11.4. The molecule has 0 aliphatic heterocycles. The van der Waals surface area contributed by atoms with Crippen molar-refractivity contribution in [1.29, 1.82) is 0 Å². The van der Waals surface area contributed by atoms with Crippen LogP contribution < -0.4 is 43.2 Å². The average molecular weight is 777 g/mol. The maximum Gasteiger partial charge on any atom is 0.229 e. The molecule has 290 valence electrons. The van der Waals surface area contributed by atoms with Gasteiger partial charge in [0, 0.05) is 67.5 Å². The number of benzene rings is 3. The highest BCUT2D eigenvalue weighted by molar-refractivity contribution is 6.31. The van der Waals surface area contributed by atoms with E-state index in [1.807, 2.05) is 73.1 Å². The predicted octanol–water partition coefficient (Wildman–Crippen LogP) is 5.46. The Morgan fingerprint density at radius 1 is 0.643 bits per heavy atom. The van der Waals surface area contributed by atoms with Gasteiger partial charge in [-0.25, -0.2) is 4.98 Å². The fraction of sp³-hybridized carbons (Fsp3) is 0.289. The first-order valence-electron chi connectivity index (χ1n) is 18.2. The summed E-state index contributed by atoms with van der Waals surface area (Å²) >= 11 is 6.25. The summed E-state index contributed by atoms with van der Waals surface area (Å²) in [6, 6.07) is 19.6. The first-order chi connectivity index (χ1) is 27.3. The molecule has 56 heavy (non-hydrogen) atoms. The van der Waals surface area contributed by atoms with Crippen LogP contribution in [-0.2, 0) is 6.54 Å². The van der Waals surface area contributed by atoms with E-state index in [4.69, 9.17) is 38.5 Å². The molecule has 0 fully saturated rings. The normalized spacial score (nSPS) is 11.5. The van der Waals surface area contributed by atoms with Crippen LogP contribution in [0, 0.1) is 0 Å². The van der Waals surface area contributed by atoms with Crippen molar-refractivity contribution in [3.05, 3.63) is 76.8 Å². The Bertz CT molecular complexity index is 2270. The number of nitrogens with two attached hydrogens (primary N) is 3. The Kier molecular flexibility index (Phi) is 13.7. The highest BCUT2D eigenvalue weighted by atomic mass is 35.5. The maximum atomic E-state index is 6.25. The molecule has 0 bridgehead atoms. The number of unbranched alkanes of at least 4 members (excludes halogenated alkanes) is 2. The third-order valence-electron chi connectivity index (χ3n) is 8.43. The molecule has 6 rings (SSSR count). The number of nitrogen functional groups attached to an aromatic ring is 3. The molecule has 0 atom stereocenters. The van der Waals surface area contributed by atoms with Crippen molar-refractivity contribution in [3.63, 3.8) is 0 Å². The molecule has 6 aromatic rings. The number of rotatable bonds is 20. The van der Waals surface area contributed by atoms with Crippen molar-refractivity contribution in [3.8, 4) is 5.75 Å². The number of anilines is 7. The van der Waals surface area contributed by atoms with E-state index in [1.165, 1.54) is 0 Å². The van der Waals surface area contributed by atoms with Crippen molar-refractivity contribution in [2.24, 2.45) is 9.98 Å². The lowest BCUT2D eigenvalue weighted by Crippen LogP contribution is -2.13. The first-order valence-corrected chi connectivity index (χ1v) is 18.6. The van der Waals surface area contributed by atoms with E-state index in [2.05, 4.69) is 61.2 Å². The molecule has 18 heteroatoms. The van der Waals surface area contributed by atoms with Crippen molar-refractivity contribution < 1.29 is 4.74 Å². The van der Waals surface area contributed by atoms with Crippen LogP contribution in [0.4, 0.5) is 41.4 Å². The van der Waals surface area contributed by atoms with Crippen LogP contribution in [0.5, 0.6) is 5.75 Å². The molecule has 3 aromatic heterocycles. The molecule has 0 aliphatic carbocycles. The van der Waals surface area contributed by atoms with Gasteiger partial charge in [0.05, 0.1) is 23.8 Å². The van der Waals surface area contributed by atoms with Crippen LogP contribution in [-0.4, -0.2) is 87.2 Å². The summed E-state index contributed by atoms with van der Waals surface area (Å²) in [6.07, 6.45) is 7.33. The Morgan fingerprint density at radius 3 is 2.00 bits per heavy atom. The second-order valence-corrected chi connectivity index (χ2v) is 13.1. The smallest absolute Gasteiger partial charge is 0.229 e. The van der Waals surface area contributed by atoms with Gasteiger partial charge in [0.15, 0.2) is 0 Å². The summed E-state index contributed by atoms with van der Waals surface area (Å²) in [5.41, 5.74) is 21.9. The van der Waals surface area contributed by atoms with Crippen LogP contribution in [0.25, 0.3) is 21.8 Å². The molecule has 0 saturated heterocycles. The molecule has 3 aromatic carbocycles. The van der Waals surface area contributed by atoms with Gasteiger partial charge in [0.1, 0.15) is 5.75 Å². The lowest BCUT2D eigenvalue weighted by atomic mass is 10.1. The van der Waals surface area contributed by atoms with Crippen molar-refractivity contribution in [1.82, 2.24) is 34.9 Å². The molecule has 0 aliphatic rings. The van der Waals surface area contributed by atoms with Crippen molar-refractivity contribution in [2.75, 3.05) is 78.3 Å². The van der Waals surface area contributed by atoms with Crippen LogP contribution in [0.1, 0.15) is 36.8 Å². The van der Waals surface area contributed by atoms with Gasteiger partial charge in [0.2, 0.25) is 35.7 Å². The number of nitrogens with zero attached hydrogens (tertiary/aromatic N) is 9. The van der Waals surface area contributed by atoms with E-state index in [1.54, 1.807) is 7.11 Å². The SMILES string of the molecule is COc1ccc2nc3cc(Cl)ccc3c(NCC=NCCCCNc3nc(N)nc(NCCCCN=Cc4ccc(CNc5nc(N)nc(N)n5)cc4)n3)c2c1. The van der Waals surface area contributed by atoms with E-state index < -0.39 is 0 Å². The fourth-order valence-electron chi connectivity index (χ4n) is 5.69. The third-order valence-corrected chi connectivity index (χ3v) is 8.67. The first kappa shape index (κ1) is 39.1. The van der Waals surface area contributed by atoms with Crippen LogP contribution in [0.15, 0.2) is 70.6 Å². The Hall–Kier alpha value is -6.62. The number of aromatic nitrogens is 7. The molecule has 0 amide bonds. The van der Waals surface area contributed by atoms with Crippen molar-refractivity contribution in [2.45, 2.75) is 32.2 Å². The standard InChI is InChI=1S/C38H45ClN16O/c1-56-27-11-13-30-29(21-27)32(28-12-10-26(39)20-31(28)49-30)45-19-18-43-14-2-4-16-46-36-53-35(42)54-37(55-36)47-17-5-3-15-44-22-24-6-8-25(9-7-24)23-48-38-51-33(40)50-34(41)52-38/h6-13,18,20-22H,2-5,14-17,19,23H2,1H3,(H,45,49)(H5,40,41,48,50,51,52)(H4,42,46,47,53,54,55). The molecular formula is C38H45ClN16O. The Labute approximate surface area is 329 Å². The minimum absolute atomic E-state index is 0.0752. The number of pyridine rings is 1. The van der Waals surface area contributed by atoms with Gasteiger partial charge in [0.25, 0.3) is 0 Å². The summed E-state index contributed by atoms with van der Waals surface area (Å²) in [5.74, 6) is 2.29. The Morgan fingerprint density at radius 2 is 1.30 bits per heavy atom. The summed E-state index contributed by atoms with van der Waals surface area (Å²) in [6.45, 7) is 3.84. The van der Waals surface area contributed by atoms with Gasteiger partial charge >= 0.3 is 0 Å². The van der Waals surface area contributed by atoms with Gasteiger partial charge in [-0.15, -0.1) is 0 Å². The fourth-order valence-corrected chi connectivity index (χ4v) is 5.85. The lowest BCUT2D eigenvalue weighted by Gasteiger charge is -2.13. The van der Waals surface area contributed by atoms with Gasteiger partial charge in [-0.1, -0.05) is 35.9 Å². The van der Waals surface area contributed by atoms with E-state index in [-0.39, 0.29) is 17.8 Å². The molecular weight excluding hydrogens is 732 g/mol. The molecule has 0 spiro atoms. The highest BCUT2D eigenvalue weighted by Gasteiger charge is 2.11. The highest BCUT2D eigenvalue weighted by Crippen LogP contribution is 2.34. The Balaban J connectivity index is 0.853. The summed E-state index contributed by atoms with van der Waals surface area (Å²) in [5, 5.41) is 15.7. The molecule has 10 N–H and O–H groups in total. The lowest BCUT2D eigenvalue weighted by molar-refractivity contribution is 0.415. The maximum absolute atomic E-state index is 6.25. The molecule has 0 saturated carbocycles. The van der Waals surface area contributed by atoms with Gasteiger partial charge < -0.3 is 43.2 Å². The number of aliphatic imine (C=N–C) groups is 2. The van der Waals surface area contributed by atoms with Gasteiger partial charge in [-0.2, -0.15) is 29.9 Å². The molecule has 0 radical (unpaired) electrons. The minimum Gasteiger partial charge on any atom is -0.497 e. The van der Waals surface area contributed by atoms with Crippen molar-refractivity contribution >= 4 is 87.2 Å². The number of ether oxygens (including phenoxy) is 1. The molecule has 0 unspecified atom stereocenters. The molecule has 17 nitrogen and oxygen atoms in total. The van der Waals surface area contributed by atoms with E-state index >= 15 is 0 Å². The zero-order valence-electron chi connectivity index (χ0n) is 31.0.